The monoisotopic (exact) mass is 292 g/mol. The van der Waals surface area contributed by atoms with E-state index in [0.717, 1.165) is 18.8 Å². The quantitative estimate of drug-likeness (QED) is 0.902. The van der Waals surface area contributed by atoms with Crippen LogP contribution in [0.1, 0.15) is 31.7 Å². The van der Waals surface area contributed by atoms with E-state index >= 15 is 0 Å². The summed E-state index contributed by atoms with van der Waals surface area (Å²) in [5.74, 6) is 0.840. The van der Waals surface area contributed by atoms with E-state index in [9.17, 15) is 8.42 Å². The van der Waals surface area contributed by atoms with Crippen molar-refractivity contribution >= 4 is 9.84 Å². The zero-order valence-electron chi connectivity index (χ0n) is 11.7. The lowest BCUT2D eigenvalue weighted by Crippen LogP contribution is -2.31. The molecule has 1 aromatic rings. The normalized spacial score (nSPS) is 22.6. The highest BCUT2D eigenvalue weighted by molar-refractivity contribution is 7.91. The van der Waals surface area contributed by atoms with Gasteiger partial charge in [-0.1, -0.05) is 6.92 Å². The molecule has 2 unspecified atom stereocenters. The summed E-state index contributed by atoms with van der Waals surface area (Å²) in [5.41, 5.74) is 0.474. The highest BCUT2D eigenvalue weighted by Crippen LogP contribution is 2.24. The Bertz CT molecular complexity index is 587. The molecule has 0 aliphatic heterocycles. The van der Waals surface area contributed by atoms with Gasteiger partial charge in [-0.3, -0.25) is 0 Å². The van der Waals surface area contributed by atoms with Gasteiger partial charge in [0.25, 0.3) is 0 Å². The van der Waals surface area contributed by atoms with Crippen LogP contribution >= 0.6 is 0 Å². The first-order valence-corrected chi connectivity index (χ1v) is 8.63. The third-order valence-electron chi connectivity index (χ3n) is 3.84. The molecule has 108 valence electrons. The molecule has 5 heteroatoms. The third-order valence-corrected chi connectivity index (χ3v) is 5.57. The Morgan fingerprint density at radius 3 is 2.55 bits per heavy atom. The van der Waals surface area contributed by atoms with Crippen LogP contribution in [-0.2, 0) is 9.84 Å². The number of nitriles is 1. The molecular formula is C15H20N2O2S. The van der Waals surface area contributed by atoms with Gasteiger partial charge >= 0.3 is 0 Å². The summed E-state index contributed by atoms with van der Waals surface area (Å²) < 4.78 is 24.3. The number of nitrogens with zero attached hydrogens (tertiary/aromatic N) is 1. The fourth-order valence-electron chi connectivity index (χ4n) is 2.64. The van der Waals surface area contributed by atoms with E-state index in [4.69, 9.17) is 5.26 Å². The number of rotatable bonds is 5. The molecule has 1 fully saturated rings. The van der Waals surface area contributed by atoms with Crippen LogP contribution in [0, 0.1) is 17.2 Å². The molecular weight excluding hydrogens is 272 g/mol. The number of hydrogen-bond donors (Lipinski definition) is 1. The lowest BCUT2D eigenvalue weighted by molar-refractivity contribution is 0.514. The number of hydrogen-bond acceptors (Lipinski definition) is 4. The SMILES string of the molecule is CC1CCC(NCCS(=O)(=O)c2ccc(C#N)cc2)C1. The van der Waals surface area contributed by atoms with E-state index in [0.29, 0.717) is 18.2 Å². The van der Waals surface area contributed by atoms with Crippen LogP contribution in [0.5, 0.6) is 0 Å². The lowest BCUT2D eigenvalue weighted by Gasteiger charge is -2.12. The molecule has 2 rings (SSSR count). The zero-order chi connectivity index (χ0) is 14.6. The van der Waals surface area contributed by atoms with Crippen LogP contribution in [0.25, 0.3) is 0 Å². The number of benzene rings is 1. The van der Waals surface area contributed by atoms with Gasteiger partial charge in [0.15, 0.2) is 9.84 Å². The summed E-state index contributed by atoms with van der Waals surface area (Å²) in [6, 6.07) is 8.53. The van der Waals surface area contributed by atoms with Crippen molar-refractivity contribution in [1.29, 1.82) is 5.26 Å². The van der Waals surface area contributed by atoms with Crippen molar-refractivity contribution in [3.05, 3.63) is 29.8 Å². The van der Waals surface area contributed by atoms with Gasteiger partial charge < -0.3 is 5.32 Å². The van der Waals surface area contributed by atoms with Crippen LogP contribution in [0.3, 0.4) is 0 Å². The fraction of sp³-hybridized carbons (Fsp3) is 0.533. The van der Waals surface area contributed by atoms with Gasteiger partial charge in [-0.05, 0) is 49.4 Å². The first-order valence-electron chi connectivity index (χ1n) is 6.97. The molecule has 0 saturated heterocycles. The topological polar surface area (TPSA) is 70.0 Å². The summed E-state index contributed by atoms with van der Waals surface area (Å²) in [6.45, 7) is 2.72. The molecule has 0 aromatic heterocycles. The van der Waals surface area contributed by atoms with E-state index in [2.05, 4.69) is 12.2 Å². The third kappa shape index (κ3) is 3.81. The van der Waals surface area contributed by atoms with E-state index in [1.807, 2.05) is 6.07 Å². The van der Waals surface area contributed by atoms with Gasteiger partial charge in [0.2, 0.25) is 0 Å². The van der Waals surface area contributed by atoms with Gasteiger partial charge in [0, 0.05) is 12.6 Å². The largest absolute Gasteiger partial charge is 0.313 e. The molecule has 1 saturated carbocycles. The van der Waals surface area contributed by atoms with Crippen LogP contribution < -0.4 is 5.32 Å². The van der Waals surface area contributed by atoms with Gasteiger partial charge in [-0.2, -0.15) is 5.26 Å². The maximum atomic E-state index is 12.1. The van der Waals surface area contributed by atoms with Crippen molar-refractivity contribution in [2.24, 2.45) is 5.92 Å². The van der Waals surface area contributed by atoms with E-state index in [-0.39, 0.29) is 10.6 Å². The second kappa shape index (κ2) is 6.38. The minimum Gasteiger partial charge on any atom is -0.313 e. The first-order chi connectivity index (χ1) is 9.51. The fourth-order valence-corrected chi connectivity index (χ4v) is 3.82. The van der Waals surface area contributed by atoms with Gasteiger partial charge in [-0.15, -0.1) is 0 Å². The first kappa shape index (κ1) is 15.0. The zero-order valence-corrected chi connectivity index (χ0v) is 12.5. The predicted octanol–water partition coefficient (Wildman–Crippen LogP) is 2.11. The number of sulfone groups is 1. The van der Waals surface area contributed by atoms with Crippen molar-refractivity contribution in [1.82, 2.24) is 5.32 Å². The maximum absolute atomic E-state index is 12.1. The predicted molar refractivity (Wildman–Crippen MR) is 78.0 cm³/mol. The summed E-state index contributed by atoms with van der Waals surface area (Å²) in [7, 11) is -3.26. The second-order valence-electron chi connectivity index (χ2n) is 5.52. The van der Waals surface area contributed by atoms with Gasteiger partial charge in [-0.25, -0.2) is 8.42 Å². The average molecular weight is 292 g/mol. The molecule has 0 radical (unpaired) electrons. The highest BCUT2D eigenvalue weighted by atomic mass is 32.2. The highest BCUT2D eigenvalue weighted by Gasteiger charge is 2.21. The standard InChI is InChI=1S/C15H20N2O2S/c1-12-2-5-14(10-12)17-8-9-20(18,19)15-6-3-13(11-16)4-7-15/h3-4,6-7,12,14,17H,2,5,8-10H2,1H3. The Morgan fingerprint density at radius 1 is 1.30 bits per heavy atom. The van der Waals surface area contributed by atoms with Crippen LogP contribution in [-0.4, -0.2) is 26.8 Å². The Labute approximate surface area is 120 Å². The van der Waals surface area contributed by atoms with E-state index in [1.165, 1.54) is 18.6 Å². The summed E-state index contributed by atoms with van der Waals surface area (Å²) in [6.07, 6.45) is 3.50. The number of nitrogens with one attached hydrogen (secondary N) is 1. The molecule has 0 heterocycles. The van der Waals surface area contributed by atoms with Gasteiger partial charge in [0.05, 0.1) is 22.3 Å². The van der Waals surface area contributed by atoms with E-state index in [1.54, 1.807) is 12.1 Å². The summed E-state index contributed by atoms with van der Waals surface area (Å²) in [4.78, 5) is 0.290. The lowest BCUT2D eigenvalue weighted by atomic mass is 10.1. The van der Waals surface area contributed by atoms with Crippen LogP contribution in [0.4, 0.5) is 0 Å². The molecule has 0 amide bonds. The van der Waals surface area contributed by atoms with Crippen molar-refractivity contribution in [3.63, 3.8) is 0 Å². The Kier molecular flexibility index (Phi) is 4.79. The van der Waals surface area contributed by atoms with Crippen LogP contribution in [0.15, 0.2) is 29.2 Å². The molecule has 1 aliphatic rings. The van der Waals surface area contributed by atoms with E-state index < -0.39 is 9.84 Å². The Hall–Kier alpha value is -1.38. The smallest absolute Gasteiger partial charge is 0.179 e. The molecule has 0 bridgehead atoms. The molecule has 20 heavy (non-hydrogen) atoms. The molecule has 4 nitrogen and oxygen atoms in total. The summed E-state index contributed by atoms with van der Waals surface area (Å²) >= 11 is 0. The van der Waals surface area contributed by atoms with Crippen molar-refractivity contribution < 1.29 is 8.42 Å². The van der Waals surface area contributed by atoms with Crippen molar-refractivity contribution in [2.45, 2.75) is 37.1 Å². The summed E-state index contributed by atoms with van der Waals surface area (Å²) in [5, 5.41) is 12.0. The molecule has 1 aliphatic carbocycles. The van der Waals surface area contributed by atoms with Crippen molar-refractivity contribution in [2.75, 3.05) is 12.3 Å². The Morgan fingerprint density at radius 2 is 2.00 bits per heavy atom. The molecule has 2 atom stereocenters. The van der Waals surface area contributed by atoms with Crippen LogP contribution in [0.2, 0.25) is 0 Å². The van der Waals surface area contributed by atoms with Gasteiger partial charge in [0.1, 0.15) is 0 Å². The average Bonchev–Trinajstić information content (AvgIpc) is 2.84. The molecule has 1 aromatic carbocycles. The Balaban J connectivity index is 1.88. The minimum absolute atomic E-state index is 0.101. The molecule has 1 N–H and O–H groups in total. The molecule has 0 spiro atoms. The van der Waals surface area contributed by atoms with Crippen molar-refractivity contribution in [3.8, 4) is 6.07 Å². The second-order valence-corrected chi connectivity index (χ2v) is 7.63. The minimum atomic E-state index is -3.26. The maximum Gasteiger partial charge on any atom is 0.179 e.